The van der Waals surface area contributed by atoms with Crippen LogP contribution in [0.15, 0.2) is 0 Å². The van der Waals surface area contributed by atoms with Crippen LogP contribution in [0.5, 0.6) is 0 Å². The molecule has 24 heavy (non-hydrogen) atoms. The molecule has 6 heteroatoms. The Morgan fingerprint density at radius 1 is 0.542 bits per heavy atom. The lowest BCUT2D eigenvalue weighted by Gasteiger charge is -2.06. The monoisotopic (exact) mass is 324 g/mol. The smallest absolute Gasteiger partial charge is 0.164 e. The lowest BCUT2D eigenvalue weighted by Crippen LogP contribution is -2.07. The van der Waals surface area contributed by atoms with Gasteiger partial charge in [0.05, 0.1) is 17.1 Å². The molecular formula is C18H24N6. The van der Waals surface area contributed by atoms with E-state index in [2.05, 4.69) is 41.5 Å². The van der Waals surface area contributed by atoms with Crippen LogP contribution in [0.2, 0.25) is 0 Å². The molecule has 0 N–H and O–H groups in total. The van der Waals surface area contributed by atoms with Gasteiger partial charge in [0, 0.05) is 16.7 Å². The summed E-state index contributed by atoms with van der Waals surface area (Å²) in [5.74, 6) is 0. The van der Waals surface area contributed by atoms with E-state index in [9.17, 15) is 0 Å². The fourth-order valence-electron chi connectivity index (χ4n) is 3.98. The second-order valence-electron chi connectivity index (χ2n) is 6.46. The zero-order valence-electron chi connectivity index (χ0n) is 15.3. The van der Waals surface area contributed by atoms with Crippen molar-refractivity contribution in [1.29, 1.82) is 0 Å². The van der Waals surface area contributed by atoms with E-state index < -0.39 is 0 Å². The summed E-state index contributed by atoms with van der Waals surface area (Å²) in [7, 11) is 0. The predicted octanol–water partition coefficient (Wildman–Crippen LogP) is 3.24. The van der Waals surface area contributed by atoms with Crippen LogP contribution in [0, 0.1) is 20.8 Å². The number of hydrogen-bond donors (Lipinski definition) is 0. The quantitative estimate of drug-likeness (QED) is 0.581. The summed E-state index contributed by atoms with van der Waals surface area (Å²) in [5, 5.41) is 14.5. The Balaban J connectivity index is 2.41. The minimum absolute atomic E-state index is 0.940. The minimum Gasteiger partial charge on any atom is -0.196 e. The second-order valence-corrected chi connectivity index (χ2v) is 6.46. The van der Waals surface area contributed by atoms with Gasteiger partial charge >= 0.3 is 0 Å². The Bertz CT molecular complexity index is 923. The van der Waals surface area contributed by atoms with Gasteiger partial charge in [-0.3, -0.25) is 0 Å². The molecule has 4 heterocycles. The number of nitrogens with zero attached hydrogens (tertiary/aromatic N) is 6. The molecule has 4 aromatic heterocycles. The molecule has 0 amide bonds. The summed E-state index contributed by atoms with van der Waals surface area (Å²) in [5.41, 5.74) is 10.2. The molecule has 0 aliphatic heterocycles. The molecule has 4 aromatic rings. The topological polar surface area (TPSA) is 51.9 Å². The fourth-order valence-corrected chi connectivity index (χ4v) is 3.98. The van der Waals surface area contributed by atoms with E-state index in [0.29, 0.717) is 0 Å². The van der Waals surface area contributed by atoms with Crippen molar-refractivity contribution in [1.82, 2.24) is 28.8 Å². The van der Waals surface area contributed by atoms with Gasteiger partial charge in [-0.15, -0.1) is 0 Å². The van der Waals surface area contributed by atoms with Gasteiger partial charge in [0.1, 0.15) is 0 Å². The zero-order chi connectivity index (χ0) is 17.2. The Morgan fingerprint density at radius 3 is 1.00 bits per heavy atom. The first-order chi connectivity index (χ1) is 11.5. The van der Waals surface area contributed by atoms with Crippen molar-refractivity contribution in [2.75, 3.05) is 0 Å². The second kappa shape index (κ2) is 5.06. The maximum atomic E-state index is 4.84. The highest BCUT2D eigenvalue weighted by atomic mass is 15.4. The summed E-state index contributed by atoms with van der Waals surface area (Å²) in [6, 6.07) is 0. The van der Waals surface area contributed by atoms with Crippen molar-refractivity contribution in [2.24, 2.45) is 0 Å². The van der Waals surface area contributed by atoms with Crippen molar-refractivity contribution in [3.8, 4) is 0 Å². The molecule has 0 saturated heterocycles. The van der Waals surface area contributed by atoms with Crippen molar-refractivity contribution in [2.45, 2.75) is 60.8 Å². The molecule has 0 aliphatic carbocycles. The van der Waals surface area contributed by atoms with Crippen LogP contribution < -0.4 is 0 Å². The summed E-state index contributed by atoms with van der Waals surface area (Å²) >= 11 is 0. The average Bonchev–Trinajstić information content (AvgIpc) is 3.16. The van der Waals surface area contributed by atoms with E-state index in [1.165, 1.54) is 16.7 Å². The lowest BCUT2D eigenvalue weighted by molar-refractivity contribution is 0.812. The molecule has 0 aromatic carbocycles. The molecule has 0 unspecified atom stereocenters. The molecule has 0 atom stereocenters. The Kier molecular flexibility index (Phi) is 3.20. The summed E-state index contributed by atoms with van der Waals surface area (Å²) in [4.78, 5) is 0. The number of aromatic nitrogens is 6. The van der Waals surface area contributed by atoms with E-state index in [1.807, 2.05) is 13.5 Å². The van der Waals surface area contributed by atoms with E-state index in [4.69, 9.17) is 15.3 Å². The Labute approximate surface area is 141 Å². The van der Waals surface area contributed by atoms with Crippen LogP contribution >= 0.6 is 0 Å². The standard InChI is InChI=1S/C18H24N6/c1-7-13-10(4)19-22-16(13)23-18(14(8-2)11(5)20-23)24-17(22)15(9-3)12(6)21-24/h7-9H2,1-6H3. The molecule has 0 radical (unpaired) electrons. The Hall–Kier alpha value is -2.37. The molecule has 4 rings (SSSR count). The SMILES string of the molecule is CCc1c(C)nn2c1n1nc(C)c(CC)c1n1nc(C)c(CC)c21. The van der Waals surface area contributed by atoms with Gasteiger partial charge in [-0.2, -0.15) is 28.8 Å². The highest BCUT2D eigenvalue weighted by molar-refractivity contribution is 5.70. The van der Waals surface area contributed by atoms with Gasteiger partial charge in [-0.05, 0) is 40.0 Å². The molecule has 0 saturated carbocycles. The van der Waals surface area contributed by atoms with Gasteiger partial charge in [0.15, 0.2) is 16.9 Å². The third-order valence-corrected chi connectivity index (χ3v) is 5.13. The van der Waals surface area contributed by atoms with Crippen LogP contribution in [-0.4, -0.2) is 28.8 Å². The van der Waals surface area contributed by atoms with Crippen molar-refractivity contribution < 1.29 is 0 Å². The van der Waals surface area contributed by atoms with E-state index in [-0.39, 0.29) is 0 Å². The maximum absolute atomic E-state index is 4.84. The summed E-state index contributed by atoms with van der Waals surface area (Å²) < 4.78 is 6.14. The third kappa shape index (κ3) is 1.68. The van der Waals surface area contributed by atoms with Crippen molar-refractivity contribution >= 4 is 16.9 Å². The maximum Gasteiger partial charge on any atom is 0.164 e. The first kappa shape index (κ1) is 15.2. The van der Waals surface area contributed by atoms with E-state index >= 15 is 0 Å². The predicted molar refractivity (Wildman–Crippen MR) is 95.0 cm³/mol. The molecular weight excluding hydrogens is 300 g/mol. The molecule has 0 bridgehead atoms. The first-order valence-electron chi connectivity index (χ1n) is 8.79. The molecule has 0 aliphatic rings. The summed E-state index contributed by atoms with van der Waals surface area (Å²) in [6.07, 6.45) is 2.82. The normalized spacial score (nSPS) is 12.2. The highest BCUT2D eigenvalue weighted by Crippen LogP contribution is 2.27. The summed E-state index contributed by atoms with van der Waals surface area (Å²) in [6.45, 7) is 12.8. The van der Waals surface area contributed by atoms with Crippen LogP contribution in [-0.2, 0) is 19.3 Å². The molecule has 126 valence electrons. The fraction of sp³-hybridized carbons (Fsp3) is 0.500. The molecule has 6 nitrogen and oxygen atoms in total. The third-order valence-electron chi connectivity index (χ3n) is 5.13. The van der Waals surface area contributed by atoms with Crippen molar-refractivity contribution in [3.05, 3.63) is 33.8 Å². The van der Waals surface area contributed by atoms with E-state index in [1.54, 1.807) is 0 Å². The largest absolute Gasteiger partial charge is 0.196 e. The van der Waals surface area contributed by atoms with Gasteiger partial charge < -0.3 is 0 Å². The van der Waals surface area contributed by atoms with Gasteiger partial charge in [-0.1, -0.05) is 20.8 Å². The van der Waals surface area contributed by atoms with E-state index in [0.717, 1.165) is 53.3 Å². The number of rotatable bonds is 3. The first-order valence-corrected chi connectivity index (χ1v) is 8.79. The van der Waals surface area contributed by atoms with Crippen LogP contribution in [0.25, 0.3) is 16.9 Å². The van der Waals surface area contributed by atoms with Gasteiger partial charge in [0.25, 0.3) is 0 Å². The van der Waals surface area contributed by atoms with Crippen molar-refractivity contribution in [3.63, 3.8) is 0 Å². The Morgan fingerprint density at radius 2 is 0.792 bits per heavy atom. The highest BCUT2D eigenvalue weighted by Gasteiger charge is 2.23. The molecule has 0 spiro atoms. The number of fused-ring (bicyclic) bond motifs is 6. The lowest BCUT2D eigenvalue weighted by atomic mass is 10.2. The molecule has 0 fully saturated rings. The van der Waals surface area contributed by atoms with Gasteiger partial charge in [-0.25, -0.2) is 0 Å². The number of aryl methyl sites for hydroxylation is 6. The van der Waals surface area contributed by atoms with Crippen LogP contribution in [0.3, 0.4) is 0 Å². The number of hydrogen-bond acceptors (Lipinski definition) is 3. The van der Waals surface area contributed by atoms with Gasteiger partial charge in [0.2, 0.25) is 0 Å². The van der Waals surface area contributed by atoms with Crippen LogP contribution in [0.4, 0.5) is 0 Å². The average molecular weight is 324 g/mol. The zero-order valence-corrected chi connectivity index (χ0v) is 15.3. The minimum atomic E-state index is 0.940. The van der Waals surface area contributed by atoms with Crippen LogP contribution in [0.1, 0.15) is 54.5 Å².